The van der Waals surface area contributed by atoms with Gasteiger partial charge < -0.3 is 5.11 Å². The Morgan fingerprint density at radius 1 is 1.43 bits per heavy atom. The lowest BCUT2D eigenvalue weighted by atomic mass is 10.1. The van der Waals surface area contributed by atoms with E-state index in [-0.39, 0.29) is 6.42 Å². The lowest BCUT2D eigenvalue weighted by molar-refractivity contribution is -0.525. The number of aliphatic hydroxyl groups excluding tert-OH is 1. The normalized spacial score (nSPS) is 12.4. The van der Waals surface area contributed by atoms with Crippen molar-refractivity contribution in [3.05, 3.63) is 45.0 Å². The Morgan fingerprint density at radius 3 is 2.43 bits per heavy atom. The molecule has 4 nitrogen and oxygen atoms in total. The van der Waals surface area contributed by atoms with Crippen molar-refractivity contribution >= 4 is 11.6 Å². The van der Waals surface area contributed by atoms with Crippen molar-refractivity contribution < 1.29 is 10.0 Å². The molecule has 5 heteroatoms. The van der Waals surface area contributed by atoms with E-state index in [0.29, 0.717) is 5.02 Å². The highest BCUT2D eigenvalue weighted by Crippen LogP contribution is 2.11. The molecule has 1 atom stereocenters. The second-order valence-corrected chi connectivity index (χ2v) is 3.39. The van der Waals surface area contributed by atoms with E-state index in [1.165, 1.54) is 0 Å². The molecule has 0 aromatic heterocycles. The Bertz CT molecular complexity index is 312. The van der Waals surface area contributed by atoms with Crippen LogP contribution in [0.1, 0.15) is 5.56 Å². The van der Waals surface area contributed by atoms with E-state index in [2.05, 4.69) is 0 Å². The second-order valence-electron chi connectivity index (χ2n) is 2.95. The van der Waals surface area contributed by atoms with Crippen molar-refractivity contribution in [2.75, 3.05) is 6.61 Å². The van der Waals surface area contributed by atoms with Crippen LogP contribution in [0.15, 0.2) is 24.3 Å². The van der Waals surface area contributed by atoms with Crippen molar-refractivity contribution in [2.24, 2.45) is 0 Å². The van der Waals surface area contributed by atoms with Gasteiger partial charge in [0.25, 0.3) is 0 Å². The Morgan fingerprint density at radius 2 is 2.00 bits per heavy atom. The predicted molar refractivity (Wildman–Crippen MR) is 53.0 cm³/mol. The van der Waals surface area contributed by atoms with Crippen molar-refractivity contribution in [1.82, 2.24) is 0 Å². The lowest BCUT2D eigenvalue weighted by Gasteiger charge is -2.05. The molecule has 14 heavy (non-hydrogen) atoms. The lowest BCUT2D eigenvalue weighted by Crippen LogP contribution is -2.26. The summed E-state index contributed by atoms with van der Waals surface area (Å²) in [6.07, 6.45) is 0.223. The van der Waals surface area contributed by atoms with Gasteiger partial charge in [0.05, 0.1) is 0 Å². The summed E-state index contributed by atoms with van der Waals surface area (Å²) >= 11 is 5.66. The first kappa shape index (κ1) is 10.9. The number of rotatable bonds is 4. The minimum Gasteiger partial charge on any atom is -0.389 e. The number of nitrogens with zero attached hydrogens (tertiary/aromatic N) is 1. The van der Waals surface area contributed by atoms with Gasteiger partial charge in [0.1, 0.15) is 6.61 Å². The summed E-state index contributed by atoms with van der Waals surface area (Å²) in [5.41, 5.74) is 0.796. The maximum atomic E-state index is 10.4. The SMILES string of the molecule is O=[N+]([O-])[C@H](CO)Cc1ccc(Cl)cc1. The number of nitro groups is 1. The molecule has 0 saturated heterocycles. The van der Waals surface area contributed by atoms with Crippen LogP contribution in [0.4, 0.5) is 0 Å². The molecule has 0 amide bonds. The van der Waals surface area contributed by atoms with Crippen molar-refractivity contribution in [3.8, 4) is 0 Å². The molecular weight excluding hydrogens is 206 g/mol. The molecule has 0 bridgehead atoms. The summed E-state index contributed by atoms with van der Waals surface area (Å²) < 4.78 is 0. The van der Waals surface area contributed by atoms with Crippen LogP contribution in [0, 0.1) is 10.1 Å². The van der Waals surface area contributed by atoms with Crippen molar-refractivity contribution in [3.63, 3.8) is 0 Å². The monoisotopic (exact) mass is 215 g/mol. The number of hydrogen-bond donors (Lipinski definition) is 1. The molecule has 1 aromatic carbocycles. The summed E-state index contributed by atoms with van der Waals surface area (Å²) in [4.78, 5) is 9.94. The molecule has 0 aliphatic rings. The highest BCUT2D eigenvalue weighted by atomic mass is 35.5. The van der Waals surface area contributed by atoms with Gasteiger partial charge in [-0.15, -0.1) is 0 Å². The predicted octanol–water partition coefficient (Wildman–Crippen LogP) is 1.52. The van der Waals surface area contributed by atoms with Gasteiger partial charge in [-0.05, 0) is 17.7 Å². The van der Waals surface area contributed by atoms with Gasteiger partial charge >= 0.3 is 0 Å². The van der Waals surface area contributed by atoms with E-state index >= 15 is 0 Å². The fourth-order valence-corrected chi connectivity index (χ4v) is 1.22. The molecule has 0 unspecified atom stereocenters. The van der Waals surface area contributed by atoms with E-state index in [1.807, 2.05) is 0 Å². The molecule has 0 aliphatic heterocycles. The number of benzene rings is 1. The van der Waals surface area contributed by atoms with Gasteiger partial charge in [0.2, 0.25) is 6.04 Å². The van der Waals surface area contributed by atoms with Crippen LogP contribution in [-0.2, 0) is 6.42 Å². The average molecular weight is 216 g/mol. The van der Waals surface area contributed by atoms with E-state index in [0.717, 1.165) is 5.56 Å². The third kappa shape index (κ3) is 2.97. The standard InChI is InChI=1S/C9H10ClNO3/c10-8-3-1-7(2-4-8)5-9(6-12)11(13)14/h1-4,9,12H,5-6H2/t9-/m0/s1. The van der Waals surface area contributed by atoms with Gasteiger partial charge in [0.15, 0.2) is 0 Å². The number of halogens is 1. The summed E-state index contributed by atoms with van der Waals surface area (Å²) in [6.45, 7) is -0.449. The average Bonchev–Trinajstić information content (AvgIpc) is 2.16. The molecule has 0 saturated carbocycles. The Labute approximate surface area is 86.3 Å². The third-order valence-electron chi connectivity index (χ3n) is 1.89. The molecular formula is C9H10ClNO3. The topological polar surface area (TPSA) is 63.4 Å². The molecule has 76 valence electrons. The molecule has 1 rings (SSSR count). The smallest absolute Gasteiger partial charge is 0.239 e. The first-order valence-electron chi connectivity index (χ1n) is 4.12. The minimum absolute atomic E-state index is 0.223. The fraction of sp³-hybridized carbons (Fsp3) is 0.333. The maximum absolute atomic E-state index is 10.4. The van der Waals surface area contributed by atoms with E-state index in [9.17, 15) is 10.1 Å². The van der Waals surface area contributed by atoms with Gasteiger partial charge in [0, 0.05) is 16.4 Å². The molecule has 0 aliphatic carbocycles. The van der Waals surface area contributed by atoms with Gasteiger partial charge in [-0.2, -0.15) is 0 Å². The molecule has 1 aromatic rings. The van der Waals surface area contributed by atoms with Crippen LogP contribution in [-0.4, -0.2) is 22.7 Å². The highest BCUT2D eigenvalue weighted by molar-refractivity contribution is 6.30. The zero-order valence-electron chi connectivity index (χ0n) is 7.39. The number of aliphatic hydroxyl groups is 1. The summed E-state index contributed by atoms with van der Waals surface area (Å²) in [7, 11) is 0. The van der Waals surface area contributed by atoms with Gasteiger partial charge in [-0.3, -0.25) is 10.1 Å². The quantitative estimate of drug-likeness (QED) is 0.612. The molecule has 0 radical (unpaired) electrons. The van der Waals surface area contributed by atoms with Crippen LogP contribution < -0.4 is 0 Å². The Hall–Kier alpha value is -1.13. The summed E-state index contributed by atoms with van der Waals surface area (Å²) in [5.74, 6) is 0. The Kier molecular flexibility index (Phi) is 3.85. The third-order valence-corrected chi connectivity index (χ3v) is 2.15. The van der Waals surface area contributed by atoms with Crippen molar-refractivity contribution in [2.45, 2.75) is 12.5 Å². The second kappa shape index (κ2) is 4.93. The van der Waals surface area contributed by atoms with Crippen LogP contribution in [0.25, 0.3) is 0 Å². The first-order chi connectivity index (χ1) is 6.63. The van der Waals surface area contributed by atoms with Gasteiger partial charge in [-0.1, -0.05) is 23.7 Å². The zero-order chi connectivity index (χ0) is 10.6. The van der Waals surface area contributed by atoms with Crippen LogP contribution >= 0.6 is 11.6 Å². The number of hydrogen-bond acceptors (Lipinski definition) is 3. The molecule has 0 spiro atoms. The molecule has 0 heterocycles. The summed E-state index contributed by atoms with van der Waals surface area (Å²) in [6, 6.07) is 5.84. The zero-order valence-corrected chi connectivity index (χ0v) is 8.15. The van der Waals surface area contributed by atoms with E-state index in [4.69, 9.17) is 16.7 Å². The molecule has 0 fully saturated rings. The fourth-order valence-electron chi connectivity index (χ4n) is 1.10. The summed E-state index contributed by atoms with van der Waals surface area (Å²) in [5, 5.41) is 19.8. The van der Waals surface area contributed by atoms with E-state index in [1.54, 1.807) is 24.3 Å². The molecule has 1 N–H and O–H groups in total. The van der Waals surface area contributed by atoms with Crippen molar-refractivity contribution in [1.29, 1.82) is 0 Å². The maximum Gasteiger partial charge on any atom is 0.239 e. The van der Waals surface area contributed by atoms with Crippen LogP contribution in [0.2, 0.25) is 5.02 Å². The largest absolute Gasteiger partial charge is 0.389 e. The first-order valence-corrected chi connectivity index (χ1v) is 4.50. The van der Waals surface area contributed by atoms with Crippen LogP contribution in [0.5, 0.6) is 0 Å². The minimum atomic E-state index is -0.934. The van der Waals surface area contributed by atoms with Crippen LogP contribution in [0.3, 0.4) is 0 Å². The van der Waals surface area contributed by atoms with Gasteiger partial charge in [-0.25, -0.2) is 0 Å². The highest BCUT2D eigenvalue weighted by Gasteiger charge is 2.18. The van der Waals surface area contributed by atoms with E-state index < -0.39 is 17.6 Å². The Balaban J connectivity index is 2.67.